The number of aromatic hydroxyl groups is 2. The predicted octanol–water partition coefficient (Wildman–Crippen LogP) is 6.65. The molecule has 0 spiro atoms. The van der Waals surface area contributed by atoms with Crippen LogP contribution in [0.4, 0.5) is 0 Å². The second-order valence-corrected chi connectivity index (χ2v) is 9.97. The highest BCUT2D eigenvalue weighted by atomic mass is 16.5. The summed E-state index contributed by atoms with van der Waals surface area (Å²) in [5, 5.41) is 27.3. The van der Waals surface area contributed by atoms with Gasteiger partial charge in [0.25, 0.3) is 0 Å². The van der Waals surface area contributed by atoms with E-state index in [9.17, 15) is 14.7 Å². The van der Waals surface area contributed by atoms with Gasteiger partial charge in [0.15, 0.2) is 0 Å². The molecule has 0 heterocycles. The Bertz CT molecular complexity index is 944. The molecule has 0 amide bonds. The van der Waals surface area contributed by atoms with Gasteiger partial charge >= 0.3 is 11.9 Å². The number of aliphatic hydroxyl groups is 1. The summed E-state index contributed by atoms with van der Waals surface area (Å²) in [4.78, 5) is 22.6. The number of aliphatic hydroxyl groups excluding tert-OH is 1. The Morgan fingerprint density at radius 1 is 0.711 bits per heavy atom. The fourth-order valence-corrected chi connectivity index (χ4v) is 4.93. The van der Waals surface area contributed by atoms with Gasteiger partial charge < -0.3 is 24.8 Å². The van der Waals surface area contributed by atoms with Crippen LogP contribution in [-0.2, 0) is 9.47 Å². The van der Waals surface area contributed by atoms with Gasteiger partial charge in [0.05, 0.1) is 13.7 Å². The van der Waals surface area contributed by atoms with E-state index in [0.717, 1.165) is 18.8 Å². The number of hydrogen-bond donors (Lipinski definition) is 3. The number of rotatable bonds is 7. The SMILES string of the molecule is COC(=O)c1ccccc1O.O=C(OCCC1CCCCC1)c1ccccc1O.OCCC1CCCCC1. The molecule has 0 unspecified atom stereocenters. The first-order valence-corrected chi connectivity index (χ1v) is 13.9. The third kappa shape index (κ3) is 11.5. The van der Waals surface area contributed by atoms with E-state index < -0.39 is 11.9 Å². The molecule has 2 saturated carbocycles. The highest BCUT2D eigenvalue weighted by molar-refractivity contribution is 5.92. The topological polar surface area (TPSA) is 113 Å². The van der Waals surface area contributed by atoms with Crippen LogP contribution >= 0.6 is 0 Å². The van der Waals surface area contributed by atoms with Crippen LogP contribution in [0.1, 0.15) is 97.8 Å². The Labute approximate surface area is 226 Å². The molecule has 7 heteroatoms. The van der Waals surface area contributed by atoms with E-state index in [1.165, 1.54) is 89.5 Å². The molecule has 2 aromatic rings. The van der Waals surface area contributed by atoms with Crippen LogP contribution in [0, 0.1) is 11.8 Å². The minimum atomic E-state index is -0.525. The molecule has 0 bridgehead atoms. The number of para-hydroxylation sites is 2. The molecule has 2 aliphatic rings. The van der Waals surface area contributed by atoms with Crippen LogP contribution in [0.3, 0.4) is 0 Å². The van der Waals surface area contributed by atoms with E-state index in [1.807, 2.05) is 0 Å². The third-order valence-corrected chi connectivity index (χ3v) is 7.18. The molecule has 0 radical (unpaired) electrons. The number of benzene rings is 2. The van der Waals surface area contributed by atoms with Crippen molar-refractivity contribution < 1.29 is 34.4 Å². The second-order valence-electron chi connectivity index (χ2n) is 9.97. The molecule has 2 aromatic carbocycles. The number of esters is 2. The smallest absolute Gasteiger partial charge is 0.341 e. The fraction of sp³-hybridized carbons (Fsp3) is 0.548. The maximum atomic E-state index is 11.7. The van der Waals surface area contributed by atoms with E-state index in [4.69, 9.17) is 14.9 Å². The Morgan fingerprint density at radius 2 is 1.16 bits per heavy atom. The van der Waals surface area contributed by atoms with Crippen molar-refractivity contribution in [2.75, 3.05) is 20.3 Å². The molecule has 2 aliphatic carbocycles. The molecule has 7 nitrogen and oxygen atoms in total. The van der Waals surface area contributed by atoms with Gasteiger partial charge in [-0.2, -0.15) is 0 Å². The summed E-state index contributed by atoms with van der Waals surface area (Å²) in [6, 6.07) is 12.7. The molecule has 38 heavy (non-hydrogen) atoms. The quantitative estimate of drug-likeness (QED) is 0.345. The van der Waals surface area contributed by atoms with Gasteiger partial charge in [0.2, 0.25) is 0 Å². The number of methoxy groups -OCH3 is 1. The van der Waals surface area contributed by atoms with Crippen molar-refractivity contribution in [3.8, 4) is 11.5 Å². The summed E-state index contributed by atoms with van der Waals surface area (Å²) >= 11 is 0. The van der Waals surface area contributed by atoms with E-state index in [2.05, 4.69) is 4.74 Å². The summed E-state index contributed by atoms with van der Waals surface area (Å²) in [5.74, 6) is 0.534. The van der Waals surface area contributed by atoms with Crippen molar-refractivity contribution in [2.45, 2.75) is 77.0 Å². The van der Waals surface area contributed by atoms with Crippen molar-refractivity contribution in [2.24, 2.45) is 11.8 Å². The third-order valence-electron chi connectivity index (χ3n) is 7.18. The lowest BCUT2D eigenvalue weighted by Gasteiger charge is -2.21. The summed E-state index contributed by atoms with van der Waals surface area (Å²) in [7, 11) is 1.27. The molecule has 3 N–H and O–H groups in total. The van der Waals surface area contributed by atoms with Gasteiger partial charge in [0, 0.05) is 6.61 Å². The van der Waals surface area contributed by atoms with Gasteiger partial charge in [-0.1, -0.05) is 88.5 Å². The molecule has 2 fully saturated rings. The molecule has 0 atom stereocenters. The Morgan fingerprint density at radius 3 is 1.61 bits per heavy atom. The number of phenolic OH excluding ortho intramolecular Hbond substituents is 2. The summed E-state index contributed by atoms with van der Waals surface area (Å²) in [6.45, 7) is 0.850. The van der Waals surface area contributed by atoms with E-state index in [0.29, 0.717) is 19.1 Å². The lowest BCUT2D eigenvalue weighted by Crippen LogP contribution is -2.12. The predicted molar refractivity (Wildman–Crippen MR) is 147 cm³/mol. The maximum absolute atomic E-state index is 11.7. The monoisotopic (exact) mass is 528 g/mol. The summed E-state index contributed by atoms with van der Waals surface area (Å²) in [6.07, 6.45) is 15.4. The Hall–Kier alpha value is -3.06. The molecule has 0 aromatic heterocycles. The van der Waals surface area contributed by atoms with Crippen LogP contribution < -0.4 is 0 Å². The average molecular weight is 529 g/mol. The highest BCUT2D eigenvalue weighted by Gasteiger charge is 2.16. The molecular formula is C31H44O7. The van der Waals surface area contributed by atoms with Gasteiger partial charge in [-0.25, -0.2) is 9.59 Å². The van der Waals surface area contributed by atoms with Gasteiger partial charge in [-0.05, 0) is 48.9 Å². The van der Waals surface area contributed by atoms with E-state index in [-0.39, 0.29) is 22.6 Å². The number of carbonyl (C=O) groups excluding carboxylic acids is 2. The molecule has 0 aliphatic heterocycles. The lowest BCUT2D eigenvalue weighted by molar-refractivity contribution is 0.0471. The van der Waals surface area contributed by atoms with Gasteiger partial charge in [-0.15, -0.1) is 0 Å². The molecule has 0 saturated heterocycles. The summed E-state index contributed by atoms with van der Waals surface area (Å²) in [5.41, 5.74) is 0.441. The van der Waals surface area contributed by atoms with Crippen LogP contribution in [0.25, 0.3) is 0 Å². The highest BCUT2D eigenvalue weighted by Crippen LogP contribution is 2.27. The van der Waals surface area contributed by atoms with Crippen LogP contribution in [0.2, 0.25) is 0 Å². The minimum absolute atomic E-state index is 0.0137. The van der Waals surface area contributed by atoms with E-state index >= 15 is 0 Å². The molecule has 210 valence electrons. The normalized spacial score (nSPS) is 15.7. The second kappa shape index (κ2) is 18.2. The zero-order valence-corrected chi connectivity index (χ0v) is 22.6. The number of phenols is 2. The van der Waals surface area contributed by atoms with Crippen LogP contribution in [0.15, 0.2) is 48.5 Å². The van der Waals surface area contributed by atoms with Gasteiger partial charge in [-0.3, -0.25) is 0 Å². The lowest BCUT2D eigenvalue weighted by atomic mass is 9.87. The first kappa shape index (κ1) is 31.2. The number of hydrogen-bond acceptors (Lipinski definition) is 7. The zero-order chi connectivity index (χ0) is 27.6. The maximum Gasteiger partial charge on any atom is 0.341 e. The first-order chi connectivity index (χ1) is 18.5. The number of carbonyl (C=O) groups is 2. The van der Waals surface area contributed by atoms with Crippen molar-refractivity contribution in [1.29, 1.82) is 0 Å². The van der Waals surface area contributed by atoms with Crippen molar-refractivity contribution in [3.63, 3.8) is 0 Å². The van der Waals surface area contributed by atoms with Gasteiger partial charge in [0.1, 0.15) is 22.6 Å². The molecular weight excluding hydrogens is 484 g/mol. The summed E-state index contributed by atoms with van der Waals surface area (Å²) < 4.78 is 9.63. The standard InChI is InChI=1S/C15H20O3.C8H8O3.C8H16O/c16-14-9-5-4-8-13(14)15(17)18-11-10-12-6-2-1-3-7-12;1-11-8(10)6-4-2-3-5-7(6)9;9-7-6-8-4-2-1-3-5-8/h4-5,8-9,12,16H,1-3,6-7,10-11H2;2-5,9H,1H3;8-9H,1-7H2. The fourth-order valence-electron chi connectivity index (χ4n) is 4.93. The van der Waals surface area contributed by atoms with Crippen molar-refractivity contribution in [3.05, 3.63) is 59.7 Å². The van der Waals surface area contributed by atoms with Crippen molar-refractivity contribution >= 4 is 11.9 Å². The Kier molecular flexibility index (Phi) is 15.0. The molecule has 4 rings (SSSR count). The van der Waals surface area contributed by atoms with E-state index in [1.54, 1.807) is 30.3 Å². The largest absolute Gasteiger partial charge is 0.507 e. The Balaban J connectivity index is 0.000000217. The first-order valence-electron chi connectivity index (χ1n) is 13.9. The van der Waals surface area contributed by atoms with Crippen LogP contribution in [0.5, 0.6) is 11.5 Å². The van der Waals surface area contributed by atoms with Crippen LogP contribution in [-0.4, -0.2) is 47.6 Å². The average Bonchev–Trinajstić information content (AvgIpc) is 2.95. The minimum Gasteiger partial charge on any atom is -0.507 e. The number of ether oxygens (including phenoxy) is 2. The van der Waals surface area contributed by atoms with Crippen molar-refractivity contribution in [1.82, 2.24) is 0 Å². The zero-order valence-electron chi connectivity index (χ0n) is 22.6.